The standard InChI is InChI=1S/C44H28N4OS/c1-4-12-27(13-5-1)35-26-36(46-43(45-35)29-16-8-3-9-17-29)30-21-23-37-34(24-30)32-22-20-31(25-38(32)49-37)44-47-40(28-14-6-2-7-15-28)42-41(48-44)33-18-10-11-19-39(33)50-42/h1-26,32,38H. The third-order valence-corrected chi connectivity index (χ3v) is 10.6. The van der Waals surface area contributed by atoms with Crippen LogP contribution in [0, 0.1) is 0 Å². The van der Waals surface area contributed by atoms with E-state index in [2.05, 4.69) is 115 Å². The molecule has 5 nitrogen and oxygen atoms in total. The molecule has 1 aliphatic carbocycles. The minimum absolute atomic E-state index is 0.0667. The first-order valence-corrected chi connectivity index (χ1v) is 17.5. The molecule has 8 aromatic rings. The highest BCUT2D eigenvalue weighted by Crippen LogP contribution is 2.45. The third kappa shape index (κ3) is 4.92. The Morgan fingerprint density at radius 1 is 0.560 bits per heavy atom. The quantitative estimate of drug-likeness (QED) is 0.184. The smallest absolute Gasteiger partial charge is 0.160 e. The molecule has 0 fully saturated rings. The van der Waals surface area contributed by atoms with Crippen molar-refractivity contribution in [1.82, 2.24) is 19.9 Å². The number of allylic oxidation sites excluding steroid dienone is 2. The molecule has 0 amide bonds. The molecule has 0 radical (unpaired) electrons. The van der Waals surface area contributed by atoms with E-state index in [-0.39, 0.29) is 12.0 Å². The molecular weight excluding hydrogens is 633 g/mol. The third-order valence-electron chi connectivity index (χ3n) is 9.46. The fraction of sp³-hybridized carbons (Fsp3) is 0.0455. The van der Waals surface area contributed by atoms with Gasteiger partial charge in [0.15, 0.2) is 11.6 Å². The molecule has 0 spiro atoms. The summed E-state index contributed by atoms with van der Waals surface area (Å²) in [5.74, 6) is 2.36. The van der Waals surface area contributed by atoms with E-state index in [0.29, 0.717) is 11.6 Å². The molecule has 4 heterocycles. The lowest BCUT2D eigenvalue weighted by molar-refractivity contribution is 0.269. The topological polar surface area (TPSA) is 60.8 Å². The Balaban J connectivity index is 1.03. The van der Waals surface area contributed by atoms with Gasteiger partial charge in [0.2, 0.25) is 0 Å². The summed E-state index contributed by atoms with van der Waals surface area (Å²) in [6, 6.07) is 47.8. The first-order valence-electron chi connectivity index (χ1n) is 16.7. The summed E-state index contributed by atoms with van der Waals surface area (Å²) in [7, 11) is 0. The van der Waals surface area contributed by atoms with Crippen molar-refractivity contribution in [2.24, 2.45) is 0 Å². The van der Waals surface area contributed by atoms with Crippen LogP contribution in [0.2, 0.25) is 0 Å². The van der Waals surface area contributed by atoms with Crippen LogP contribution in [0.4, 0.5) is 0 Å². The maximum Gasteiger partial charge on any atom is 0.160 e. The van der Waals surface area contributed by atoms with Crippen LogP contribution >= 0.6 is 11.3 Å². The summed E-state index contributed by atoms with van der Waals surface area (Å²) in [6.45, 7) is 0. The molecule has 5 aromatic carbocycles. The van der Waals surface area contributed by atoms with E-state index in [1.54, 1.807) is 11.3 Å². The Morgan fingerprint density at radius 2 is 1.24 bits per heavy atom. The van der Waals surface area contributed by atoms with Gasteiger partial charge in [0.05, 0.1) is 27.3 Å². The van der Waals surface area contributed by atoms with Crippen molar-refractivity contribution in [2.45, 2.75) is 12.0 Å². The summed E-state index contributed by atoms with van der Waals surface area (Å²) in [4.78, 5) is 20.4. The Morgan fingerprint density at radius 3 is 2.02 bits per heavy atom. The number of hydrogen-bond donors (Lipinski definition) is 0. The number of thiophene rings is 1. The van der Waals surface area contributed by atoms with Crippen LogP contribution in [-0.2, 0) is 0 Å². The zero-order valence-corrected chi connectivity index (χ0v) is 27.6. The number of nitrogens with zero attached hydrogens (tertiary/aromatic N) is 4. The van der Waals surface area contributed by atoms with Gasteiger partial charge in [-0.15, -0.1) is 11.3 Å². The molecule has 2 atom stereocenters. The van der Waals surface area contributed by atoms with Crippen molar-refractivity contribution in [3.63, 3.8) is 0 Å². The van der Waals surface area contributed by atoms with Crippen LogP contribution in [0.3, 0.4) is 0 Å². The van der Waals surface area contributed by atoms with E-state index in [1.807, 2.05) is 42.5 Å². The summed E-state index contributed by atoms with van der Waals surface area (Å²) in [5.41, 5.74) is 9.95. The van der Waals surface area contributed by atoms with Crippen molar-refractivity contribution in [3.8, 4) is 50.9 Å². The van der Waals surface area contributed by atoms with E-state index in [9.17, 15) is 0 Å². The van der Waals surface area contributed by atoms with Gasteiger partial charge in [-0.2, -0.15) is 0 Å². The molecule has 0 N–H and O–H groups in total. The number of rotatable bonds is 5. The van der Waals surface area contributed by atoms with Gasteiger partial charge in [0.25, 0.3) is 0 Å². The van der Waals surface area contributed by atoms with Gasteiger partial charge < -0.3 is 4.74 Å². The summed E-state index contributed by atoms with van der Waals surface area (Å²) < 4.78 is 8.90. The molecule has 0 saturated heterocycles. The van der Waals surface area contributed by atoms with Gasteiger partial charge >= 0.3 is 0 Å². The second-order valence-electron chi connectivity index (χ2n) is 12.6. The van der Waals surface area contributed by atoms with E-state index >= 15 is 0 Å². The number of ether oxygens (including phenoxy) is 1. The average molecular weight is 661 g/mol. The zero-order valence-electron chi connectivity index (χ0n) is 26.8. The number of fused-ring (bicyclic) bond motifs is 6. The maximum absolute atomic E-state index is 6.58. The number of aromatic nitrogens is 4. The van der Waals surface area contributed by atoms with Gasteiger partial charge in [-0.25, -0.2) is 19.9 Å². The number of hydrogen-bond acceptors (Lipinski definition) is 6. The average Bonchev–Trinajstić information content (AvgIpc) is 3.76. The highest BCUT2D eigenvalue weighted by atomic mass is 32.1. The summed E-state index contributed by atoms with van der Waals surface area (Å²) >= 11 is 1.75. The highest BCUT2D eigenvalue weighted by molar-refractivity contribution is 7.26. The van der Waals surface area contributed by atoms with Crippen molar-refractivity contribution in [2.75, 3.05) is 0 Å². The minimum Gasteiger partial charge on any atom is -0.485 e. The molecule has 1 aliphatic heterocycles. The molecule has 2 aliphatic rings. The monoisotopic (exact) mass is 660 g/mol. The lowest BCUT2D eigenvalue weighted by Gasteiger charge is -2.18. The molecule has 10 rings (SSSR count). The predicted octanol–water partition coefficient (Wildman–Crippen LogP) is 10.8. The zero-order chi connectivity index (χ0) is 33.0. The summed E-state index contributed by atoms with van der Waals surface area (Å²) in [6.07, 6.45) is 6.41. The van der Waals surface area contributed by atoms with Gasteiger partial charge in [-0.3, -0.25) is 0 Å². The molecule has 50 heavy (non-hydrogen) atoms. The van der Waals surface area contributed by atoms with Gasteiger partial charge in [0.1, 0.15) is 11.9 Å². The maximum atomic E-state index is 6.58. The molecule has 6 heteroatoms. The van der Waals surface area contributed by atoms with Gasteiger partial charge in [0, 0.05) is 49.4 Å². The van der Waals surface area contributed by atoms with Crippen LogP contribution < -0.4 is 4.74 Å². The van der Waals surface area contributed by atoms with Crippen molar-refractivity contribution < 1.29 is 4.74 Å². The first-order chi connectivity index (χ1) is 24.7. The Labute approximate surface area is 293 Å². The Bertz CT molecular complexity index is 2570. The minimum atomic E-state index is -0.163. The largest absolute Gasteiger partial charge is 0.485 e. The van der Waals surface area contributed by atoms with Crippen molar-refractivity contribution in [1.29, 1.82) is 0 Å². The second-order valence-corrected chi connectivity index (χ2v) is 13.6. The van der Waals surface area contributed by atoms with Crippen LogP contribution in [-0.4, -0.2) is 26.0 Å². The van der Waals surface area contributed by atoms with Crippen molar-refractivity contribution >= 4 is 37.2 Å². The van der Waals surface area contributed by atoms with Crippen LogP contribution in [0.25, 0.3) is 71.0 Å². The lowest BCUT2D eigenvalue weighted by atomic mass is 9.88. The van der Waals surface area contributed by atoms with E-state index in [1.165, 1.54) is 4.70 Å². The fourth-order valence-electron chi connectivity index (χ4n) is 6.99. The summed E-state index contributed by atoms with van der Waals surface area (Å²) in [5, 5.41) is 1.15. The second kappa shape index (κ2) is 11.7. The molecule has 0 saturated carbocycles. The Hall–Kier alpha value is -6.24. The van der Waals surface area contributed by atoms with Crippen LogP contribution in [0.1, 0.15) is 17.3 Å². The normalized spacial score (nSPS) is 16.2. The van der Waals surface area contributed by atoms with Gasteiger partial charge in [-0.05, 0) is 36.4 Å². The van der Waals surface area contributed by atoms with Crippen LogP contribution in [0.15, 0.2) is 158 Å². The molecular formula is C44H28N4OS. The molecule has 2 unspecified atom stereocenters. The van der Waals surface area contributed by atoms with Crippen molar-refractivity contribution in [3.05, 3.63) is 169 Å². The van der Waals surface area contributed by atoms with Crippen LogP contribution in [0.5, 0.6) is 5.75 Å². The highest BCUT2D eigenvalue weighted by Gasteiger charge is 2.34. The lowest BCUT2D eigenvalue weighted by Crippen LogP contribution is -2.17. The predicted molar refractivity (Wildman–Crippen MR) is 203 cm³/mol. The van der Waals surface area contributed by atoms with E-state index in [0.717, 1.165) is 71.8 Å². The van der Waals surface area contributed by atoms with Gasteiger partial charge in [-0.1, -0.05) is 121 Å². The molecule has 3 aromatic heterocycles. The van der Waals surface area contributed by atoms with E-state index in [4.69, 9.17) is 24.7 Å². The molecule has 0 bridgehead atoms. The molecule has 236 valence electrons. The SMILES string of the molecule is C1=CC2c3cc(-c4cc(-c5ccccc5)nc(-c5ccccc5)n4)ccc3OC2C=C1c1nc(-c2ccccc2)c2sc3ccccc3c2n1. The van der Waals surface area contributed by atoms with E-state index < -0.39 is 0 Å². The Kier molecular flexibility index (Phi) is 6.74. The number of benzene rings is 5. The fourth-order valence-corrected chi connectivity index (χ4v) is 8.15. The first kappa shape index (κ1) is 28.7.